The Kier molecular flexibility index (Phi) is 2.85. The van der Waals surface area contributed by atoms with Crippen LogP contribution in [0, 0.1) is 0 Å². The molecular formula is C16H14O2. The van der Waals surface area contributed by atoms with E-state index in [2.05, 4.69) is 0 Å². The Morgan fingerprint density at radius 3 is 2.50 bits per heavy atom. The van der Waals surface area contributed by atoms with E-state index in [0.29, 0.717) is 0 Å². The number of hydrogen-bond acceptors (Lipinski definition) is 2. The highest BCUT2D eigenvalue weighted by Crippen LogP contribution is 2.24. The Hall–Kier alpha value is -2.09. The molecule has 2 aromatic carbocycles. The van der Waals surface area contributed by atoms with Crippen molar-refractivity contribution in [2.45, 2.75) is 18.9 Å². The van der Waals surface area contributed by atoms with E-state index in [0.717, 1.165) is 29.7 Å². The summed E-state index contributed by atoms with van der Waals surface area (Å²) in [7, 11) is 0. The van der Waals surface area contributed by atoms with Crippen molar-refractivity contribution in [2.75, 3.05) is 0 Å². The molecule has 1 atom stereocenters. The van der Waals surface area contributed by atoms with Crippen molar-refractivity contribution < 1.29 is 9.53 Å². The van der Waals surface area contributed by atoms with Crippen molar-refractivity contribution in [1.29, 1.82) is 0 Å². The molecule has 1 unspecified atom stereocenters. The Bertz CT molecular complexity index is 560. The van der Waals surface area contributed by atoms with Gasteiger partial charge >= 0.3 is 0 Å². The van der Waals surface area contributed by atoms with E-state index < -0.39 is 0 Å². The summed E-state index contributed by atoms with van der Waals surface area (Å²) in [4.78, 5) is 12.3. The zero-order valence-electron chi connectivity index (χ0n) is 10.0. The number of para-hydroxylation sites is 1. The maximum absolute atomic E-state index is 12.3. The van der Waals surface area contributed by atoms with Gasteiger partial charge in [0.2, 0.25) is 5.78 Å². The average Bonchev–Trinajstić information content (AvgIpc) is 2.43. The zero-order chi connectivity index (χ0) is 12.4. The third-order valence-electron chi connectivity index (χ3n) is 3.27. The second-order valence-corrected chi connectivity index (χ2v) is 4.48. The summed E-state index contributed by atoms with van der Waals surface area (Å²) < 4.78 is 5.77. The van der Waals surface area contributed by atoms with Gasteiger partial charge in [-0.15, -0.1) is 0 Å². The smallest absolute Gasteiger partial charge is 0.203 e. The van der Waals surface area contributed by atoms with E-state index in [1.165, 1.54) is 0 Å². The zero-order valence-corrected chi connectivity index (χ0v) is 10.0. The molecule has 0 amide bonds. The third kappa shape index (κ3) is 2.02. The van der Waals surface area contributed by atoms with Gasteiger partial charge in [0.15, 0.2) is 6.10 Å². The van der Waals surface area contributed by atoms with E-state index in [1.807, 2.05) is 54.6 Å². The number of ketones is 1. The first-order chi connectivity index (χ1) is 8.84. The molecule has 0 saturated heterocycles. The van der Waals surface area contributed by atoms with Crippen LogP contribution in [0.1, 0.15) is 22.3 Å². The van der Waals surface area contributed by atoms with Crippen molar-refractivity contribution in [3.05, 3.63) is 65.7 Å². The number of hydrogen-bond donors (Lipinski definition) is 0. The molecule has 2 nitrogen and oxygen atoms in total. The standard InChI is InChI=1S/C16H14O2/c17-16-14-9-5-4-6-12(14)10-11-15(16)18-13-7-2-1-3-8-13/h1-9,15H,10-11H2. The summed E-state index contributed by atoms with van der Waals surface area (Å²) in [5.41, 5.74) is 1.94. The highest BCUT2D eigenvalue weighted by molar-refractivity contribution is 6.01. The molecule has 0 fully saturated rings. The van der Waals surface area contributed by atoms with Gasteiger partial charge in [-0.25, -0.2) is 0 Å². The van der Waals surface area contributed by atoms with Crippen molar-refractivity contribution in [3.63, 3.8) is 0 Å². The number of carbonyl (C=O) groups excluding carboxylic acids is 1. The molecular weight excluding hydrogens is 224 g/mol. The predicted molar refractivity (Wildman–Crippen MR) is 70.0 cm³/mol. The molecule has 0 saturated carbocycles. The van der Waals surface area contributed by atoms with Gasteiger partial charge in [-0.05, 0) is 30.5 Å². The van der Waals surface area contributed by atoms with E-state index in [4.69, 9.17) is 4.74 Å². The molecule has 2 heteroatoms. The molecule has 0 N–H and O–H groups in total. The van der Waals surface area contributed by atoms with E-state index in [9.17, 15) is 4.79 Å². The highest BCUT2D eigenvalue weighted by atomic mass is 16.5. The van der Waals surface area contributed by atoms with Crippen LogP contribution in [0.4, 0.5) is 0 Å². The van der Waals surface area contributed by atoms with Crippen LogP contribution < -0.4 is 4.74 Å². The van der Waals surface area contributed by atoms with Crippen LogP contribution in [0.3, 0.4) is 0 Å². The Morgan fingerprint density at radius 1 is 0.944 bits per heavy atom. The normalized spacial score (nSPS) is 18.2. The summed E-state index contributed by atoms with van der Waals surface area (Å²) in [6.07, 6.45) is 1.31. The minimum atomic E-state index is -0.345. The van der Waals surface area contributed by atoms with Gasteiger partial charge in [0.05, 0.1) is 0 Å². The van der Waals surface area contributed by atoms with Gasteiger partial charge in [0.25, 0.3) is 0 Å². The van der Waals surface area contributed by atoms with E-state index in [-0.39, 0.29) is 11.9 Å². The number of fused-ring (bicyclic) bond motifs is 1. The highest BCUT2D eigenvalue weighted by Gasteiger charge is 2.28. The topological polar surface area (TPSA) is 26.3 Å². The average molecular weight is 238 g/mol. The summed E-state index contributed by atoms with van der Waals surface area (Å²) in [5.74, 6) is 0.857. The van der Waals surface area contributed by atoms with Crippen molar-refractivity contribution >= 4 is 5.78 Å². The lowest BCUT2D eigenvalue weighted by atomic mass is 9.89. The van der Waals surface area contributed by atoms with Gasteiger partial charge < -0.3 is 4.74 Å². The second kappa shape index (κ2) is 4.65. The molecule has 3 rings (SSSR count). The van der Waals surface area contributed by atoms with Gasteiger partial charge in [0, 0.05) is 5.56 Å². The van der Waals surface area contributed by atoms with Crippen molar-refractivity contribution in [3.8, 4) is 5.75 Å². The first-order valence-electron chi connectivity index (χ1n) is 6.18. The van der Waals surface area contributed by atoms with E-state index in [1.54, 1.807) is 0 Å². The SMILES string of the molecule is O=C1c2ccccc2CCC1Oc1ccccc1. The molecule has 0 radical (unpaired) electrons. The number of ether oxygens (including phenoxy) is 1. The van der Waals surface area contributed by atoms with Crippen LogP contribution >= 0.6 is 0 Å². The van der Waals surface area contributed by atoms with Crippen molar-refractivity contribution in [1.82, 2.24) is 0 Å². The Balaban J connectivity index is 1.83. The number of Topliss-reactive ketones (excluding diaryl/α,β-unsaturated/α-hetero) is 1. The molecule has 18 heavy (non-hydrogen) atoms. The third-order valence-corrected chi connectivity index (χ3v) is 3.27. The van der Waals surface area contributed by atoms with Crippen LogP contribution in [0.5, 0.6) is 5.75 Å². The summed E-state index contributed by atoms with van der Waals surface area (Å²) in [6, 6.07) is 17.3. The van der Waals surface area contributed by atoms with Gasteiger partial charge in [-0.2, -0.15) is 0 Å². The molecule has 2 aromatic rings. The summed E-state index contributed by atoms with van der Waals surface area (Å²) in [6.45, 7) is 0. The first kappa shape index (κ1) is 11.0. The Labute approximate surface area is 106 Å². The lowest BCUT2D eigenvalue weighted by Crippen LogP contribution is -2.32. The molecule has 1 aliphatic rings. The van der Waals surface area contributed by atoms with Crippen LogP contribution in [0.2, 0.25) is 0 Å². The van der Waals surface area contributed by atoms with E-state index >= 15 is 0 Å². The monoisotopic (exact) mass is 238 g/mol. The largest absolute Gasteiger partial charge is 0.482 e. The maximum atomic E-state index is 12.3. The molecule has 0 aliphatic heterocycles. The number of rotatable bonds is 2. The molecule has 0 spiro atoms. The summed E-state index contributed by atoms with van der Waals surface area (Å²) in [5, 5.41) is 0. The lowest BCUT2D eigenvalue weighted by molar-refractivity contribution is 0.0762. The predicted octanol–water partition coefficient (Wildman–Crippen LogP) is 3.26. The Morgan fingerprint density at radius 2 is 1.67 bits per heavy atom. The number of aryl methyl sites for hydroxylation is 1. The molecule has 90 valence electrons. The lowest BCUT2D eigenvalue weighted by Gasteiger charge is -2.24. The van der Waals surface area contributed by atoms with Crippen LogP contribution in [-0.2, 0) is 6.42 Å². The van der Waals surface area contributed by atoms with Crippen LogP contribution in [-0.4, -0.2) is 11.9 Å². The fourth-order valence-corrected chi connectivity index (χ4v) is 2.35. The first-order valence-corrected chi connectivity index (χ1v) is 6.18. The fraction of sp³-hybridized carbons (Fsp3) is 0.188. The quantitative estimate of drug-likeness (QED) is 0.802. The summed E-state index contributed by atoms with van der Waals surface area (Å²) >= 11 is 0. The number of benzene rings is 2. The minimum Gasteiger partial charge on any atom is -0.482 e. The van der Waals surface area contributed by atoms with Gasteiger partial charge in [0.1, 0.15) is 5.75 Å². The molecule has 0 bridgehead atoms. The second-order valence-electron chi connectivity index (χ2n) is 4.48. The maximum Gasteiger partial charge on any atom is 0.203 e. The molecule has 0 aromatic heterocycles. The fourth-order valence-electron chi connectivity index (χ4n) is 2.35. The number of carbonyl (C=O) groups is 1. The van der Waals surface area contributed by atoms with Crippen molar-refractivity contribution in [2.24, 2.45) is 0 Å². The van der Waals surface area contributed by atoms with Gasteiger partial charge in [-0.3, -0.25) is 4.79 Å². The van der Waals surface area contributed by atoms with Crippen LogP contribution in [0.15, 0.2) is 54.6 Å². The molecule has 0 heterocycles. The molecule has 1 aliphatic carbocycles. The minimum absolute atomic E-state index is 0.0979. The van der Waals surface area contributed by atoms with Gasteiger partial charge in [-0.1, -0.05) is 42.5 Å². The van der Waals surface area contributed by atoms with Crippen LogP contribution in [0.25, 0.3) is 0 Å².